The number of amides is 1. The van der Waals surface area contributed by atoms with Crippen molar-refractivity contribution in [3.63, 3.8) is 0 Å². The molecule has 1 amide bonds. The van der Waals surface area contributed by atoms with Crippen molar-refractivity contribution in [2.75, 3.05) is 18.4 Å². The predicted octanol–water partition coefficient (Wildman–Crippen LogP) is 2.29. The molecular weight excluding hydrogens is 528 g/mol. The van der Waals surface area contributed by atoms with Crippen molar-refractivity contribution in [3.8, 4) is 0 Å². The minimum Gasteiger partial charge on any atom is -0.480 e. The summed E-state index contributed by atoms with van der Waals surface area (Å²) >= 11 is 0. The lowest BCUT2D eigenvalue weighted by atomic mass is 10.1. The molecule has 0 saturated carbocycles. The third-order valence-corrected chi connectivity index (χ3v) is 7.18. The van der Waals surface area contributed by atoms with Gasteiger partial charge in [-0.05, 0) is 36.4 Å². The Morgan fingerprint density at radius 3 is 2.46 bits per heavy atom. The van der Waals surface area contributed by atoms with Crippen LogP contribution in [-0.2, 0) is 21.2 Å². The number of nitrogens with zero attached hydrogens (tertiary/aromatic N) is 2. The largest absolute Gasteiger partial charge is 0.480 e. The van der Waals surface area contributed by atoms with Gasteiger partial charge in [-0.3, -0.25) is 19.7 Å². The molecule has 5 N–H and O–H groups in total. The van der Waals surface area contributed by atoms with Crippen LogP contribution in [0, 0.1) is 10.1 Å². The highest BCUT2D eigenvalue weighted by atomic mass is 32.2. The maximum Gasteiger partial charge on any atom is 0.323 e. The lowest BCUT2D eigenvalue weighted by Gasteiger charge is -2.16. The summed E-state index contributed by atoms with van der Waals surface area (Å²) in [6, 6.07) is 16.8. The summed E-state index contributed by atoms with van der Waals surface area (Å²) in [7, 11) is -4.16. The molecule has 0 saturated heterocycles. The summed E-state index contributed by atoms with van der Waals surface area (Å²) < 4.78 is 27.0. The molecule has 202 valence electrons. The molecule has 4 aromatic rings. The highest BCUT2D eigenvalue weighted by Gasteiger charge is 2.26. The fourth-order valence-corrected chi connectivity index (χ4v) is 4.95. The van der Waals surface area contributed by atoms with E-state index in [2.05, 4.69) is 20.6 Å². The summed E-state index contributed by atoms with van der Waals surface area (Å²) in [6.45, 7) is -0.264. The molecule has 0 aliphatic carbocycles. The molecule has 13 nitrogen and oxygen atoms in total. The number of sulfonamides is 1. The van der Waals surface area contributed by atoms with E-state index in [9.17, 15) is 33.2 Å². The van der Waals surface area contributed by atoms with E-state index >= 15 is 0 Å². The minimum atomic E-state index is -4.16. The molecule has 0 unspecified atom stereocenters. The standard InChI is InChI=1S/C25H24N6O7S/c32-24(27-15-21(25(33)34)30-39(37,38)17-6-2-1-3-7-17)16-10-11-20(22(14-16)31(35)36)26-13-12-23-28-18-8-4-5-9-19(18)29-23/h1-11,14,21,26,30H,12-13,15H2,(H,27,32)(H,28,29)(H,33,34)/t21-/m1/s1. The fraction of sp³-hybridized carbons (Fsp3) is 0.160. The van der Waals surface area contributed by atoms with Crippen molar-refractivity contribution >= 4 is 44.3 Å². The van der Waals surface area contributed by atoms with Crippen LogP contribution in [0.4, 0.5) is 11.4 Å². The van der Waals surface area contributed by atoms with Crippen LogP contribution < -0.4 is 15.4 Å². The van der Waals surface area contributed by atoms with Gasteiger partial charge in [0, 0.05) is 31.1 Å². The van der Waals surface area contributed by atoms with Crippen molar-refractivity contribution < 1.29 is 28.0 Å². The second-order valence-electron chi connectivity index (χ2n) is 8.40. The Bertz CT molecular complexity index is 1590. The fourth-order valence-electron chi connectivity index (χ4n) is 3.74. The van der Waals surface area contributed by atoms with E-state index in [-0.39, 0.29) is 21.8 Å². The number of H-pyrrole nitrogens is 1. The number of aliphatic carboxylic acids is 1. The number of aromatic amines is 1. The maximum atomic E-state index is 12.6. The van der Waals surface area contributed by atoms with Crippen LogP contribution in [0.3, 0.4) is 0 Å². The number of benzene rings is 3. The van der Waals surface area contributed by atoms with Gasteiger partial charge in [-0.2, -0.15) is 4.72 Å². The van der Waals surface area contributed by atoms with Gasteiger partial charge in [0.25, 0.3) is 11.6 Å². The van der Waals surface area contributed by atoms with Gasteiger partial charge in [-0.1, -0.05) is 30.3 Å². The molecule has 0 bridgehead atoms. The van der Waals surface area contributed by atoms with Gasteiger partial charge in [0.2, 0.25) is 10.0 Å². The number of hydrogen-bond donors (Lipinski definition) is 5. The number of rotatable bonds is 12. The first-order chi connectivity index (χ1) is 18.6. The number of nitro groups is 1. The zero-order valence-corrected chi connectivity index (χ0v) is 21.1. The third kappa shape index (κ3) is 6.74. The number of carbonyl (C=O) groups is 2. The number of carboxylic acids is 1. The Morgan fingerprint density at radius 1 is 1.05 bits per heavy atom. The summed E-state index contributed by atoms with van der Waals surface area (Å²) in [4.78, 5) is 42.8. The molecule has 1 heterocycles. The van der Waals surface area contributed by atoms with E-state index in [0.29, 0.717) is 18.8 Å². The SMILES string of the molecule is O=C(NC[C@@H](NS(=O)(=O)c1ccccc1)C(=O)O)c1ccc(NCCc2nc3ccccc3[nH]2)c([N+](=O)[O-])c1. The van der Waals surface area contributed by atoms with Crippen LogP contribution in [0.15, 0.2) is 77.7 Å². The smallest absolute Gasteiger partial charge is 0.323 e. The maximum absolute atomic E-state index is 12.6. The second-order valence-corrected chi connectivity index (χ2v) is 10.1. The van der Waals surface area contributed by atoms with Gasteiger partial charge in [-0.15, -0.1) is 0 Å². The van der Waals surface area contributed by atoms with Gasteiger partial charge in [-0.25, -0.2) is 13.4 Å². The number of hydrogen-bond acceptors (Lipinski definition) is 8. The van der Waals surface area contributed by atoms with Gasteiger partial charge in [0.15, 0.2) is 0 Å². The number of para-hydroxylation sites is 2. The highest BCUT2D eigenvalue weighted by molar-refractivity contribution is 7.89. The molecule has 14 heteroatoms. The zero-order valence-electron chi connectivity index (χ0n) is 20.3. The van der Waals surface area contributed by atoms with E-state index < -0.39 is 39.4 Å². The number of aromatic nitrogens is 2. The lowest BCUT2D eigenvalue weighted by molar-refractivity contribution is -0.384. The number of anilines is 1. The topological polar surface area (TPSA) is 196 Å². The first-order valence-electron chi connectivity index (χ1n) is 11.7. The third-order valence-electron chi connectivity index (χ3n) is 5.69. The van der Waals surface area contributed by atoms with Crippen molar-refractivity contribution in [3.05, 3.63) is 94.3 Å². The molecule has 0 fully saturated rings. The predicted molar refractivity (Wildman–Crippen MR) is 142 cm³/mol. The Balaban J connectivity index is 1.39. The van der Waals surface area contributed by atoms with Gasteiger partial charge in [0.05, 0.1) is 20.9 Å². The van der Waals surface area contributed by atoms with Crippen LogP contribution in [-0.4, -0.2) is 59.4 Å². The van der Waals surface area contributed by atoms with Crippen LogP contribution >= 0.6 is 0 Å². The number of fused-ring (bicyclic) bond motifs is 1. The second kappa shape index (κ2) is 11.7. The average molecular weight is 553 g/mol. The Kier molecular flexibility index (Phi) is 8.17. The molecule has 1 aromatic heterocycles. The molecule has 39 heavy (non-hydrogen) atoms. The van der Waals surface area contributed by atoms with E-state index in [1.54, 1.807) is 6.07 Å². The summed E-state index contributed by atoms with van der Waals surface area (Å²) in [5, 5.41) is 26.4. The van der Waals surface area contributed by atoms with Crippen molar-refractivity contribution in [2.24, 2.45) is 0 Å². The summed E-state index contributed by atoms with van der Waals surface area (Å²) in [6.07, 6.45) is 0.462. The van der Waals surface area contributed by atoms with Gasteiger partial charge in [0.1, 0.15) is 17.6 Å². The van der Waals surface area contributed by atoms with E-state index in [4.69, 9.17) is 0 Å². The van der Waals surface area contributed by atoms with Crippen LogP contribution in [0.25, 0.3) is 11.0 Å². The van der Waals surface area contributed by atoms with E-state index in [0.717, 1.165) is 17.1 Å². The highest BCUT2D eigenvalue weighted by Crippen LogP contribution is 2.25. The molecule has 1 atom stereocenters. The zero-order chi connectivity index (χ0) is 28.0. The average Bonchev–Trinajstić information content (AvgIpc) is 3.34. The Hall–Kier alpha value is -4.82. The Labute approximate surface area is 222 Å². The first-order valence-corrected chi connectivity index (χ1v) is 13.2. The van der Waals surface area contributed by atoms with Crippen molar-refractivity contribution in [2.45, 2.75) is 17.4 Å². The van der Waals surface area contributed by atoms with Crippen LogP contribution in [0.1, 0.15) is 16.2 Å². The number of imidazole rings is 1. The van der Waals surface area contributed by atoms with Gasteiger partial charge >= 0.3 is 5.97 Å². The number of nitro benzene ring substituents is 1. The number of carboxylic acid groups (broad SMARTS) is 1. The molecule has 4 rings (SSSR count). The van der Waals surface area contributed by atoms with Gasteiger partial charge < -0.3 is 20.7 Å². The molecule has 0 radical (unpaired) electrons. The summed E-state index contributed by atoms with van der Waals surface area (Å²) in [5.41, 5.74) is 1.43. The molecule has 3 aromatic carbocycles. The number of nitrogens with one attached hydrogen (secondary N) is 4. The first kappa shape index (κ1) is 27.2. The van der Waals surface area contributed by atoms with Crippen LogP contribution in [0.5, 0.6) is 0 Å². The molecular formula is C25H24N6O7S. The summed E-state index contributed by atoms with van der Waals surface area (Å²) in [5.74, 6) is -1.61. The van der Waals surface area contributed by atoms with Crippen molar-refractivity contribution in [1.29, 1.82) is 0 Å². The number of carbonyl (C=O) groups excluding carboxylic acids is 1. The minimum absolute atomic E-state index is 0.0976. The Morgan fingerprint density at radius 2 is 1.77 bits per heavy atom. The molecule has 0 spiro atoms. The quantitative estimate of drug-likeness (QED) is 0.129. The normalized spacial score (nSPS) is 12.1. The molecule has 0 aliphatic rings. The van der Waals surface area contributed by atoms with Crippen molar-refractivity contribution in [1.82, 2.24) is 20.0 Å². The molecule has 0 aliphatic heterocycles. The van der Waals surface area contributed by atoms with E-state index in [1.165, 1.54) is 36.4 Å². The van der Waals surface area contributed by atoms with E-state index in [1.807, 2.05) is 29.0 Å². The monoisotopic (exact) mass is 552 g/mol. The lowest BCUT2D eigenvalue weighted by Crippen LogP contribution is -2.48. The van der Waals surface area contributed by atoms with Crippen LogP contribution in [0.2, 0.25) is 0 Å².